The lowest BCUT2D eigenvalue weighted by atomic mass is 10.2. The Morgan fingerprint density at radius 3 is 3.00 bits per heavy atom. The monoisotopic (exact) mass is 192 g/mol. The summed E-state index contributed by atoms with van der Waals surface area (Å²) in [7, 11) is 0. The van der Waals surface area contributed by atoms with E-state index in [1.54, 1.807) is 11.3 Å². The molecule has 1 aromatic heterocycles. The fourth-order valence-electron chi connectivity index (χ4n) is 1.73. The molecular weight excluding hydrogens is 180 g/mol. The first-order valence-electron chi connectivity index (χ1n) is 4.74. The van der Waals surface area contributed by atoms with Crippen molar-refractivity contribution in [2.75, 3.05) is 0 Å². The molecule has 3 heteroatoms. The lowest BCUT2D eigenvalue weighted by Gasteiger charge is -1.90. The summed E-state index contributed by atoms with van der Waals surface area (Å²) in [5, 5.41) is 9.56. The number of hydrogen-bond acceptors (Lipinski definition) is 3. The van der Waals surface area contributed by atoms with Crippen molar-refractivity contribution in [3.63, 3.8) is 0 Å². The molecule has 0 fully saturated rings. The first kappa shape index (κ1) is 8.71. The van der Waals surface area contributed by atoms with E-state index in [1.807, 2.05) is 0 Å². The summed E-state index contributed by atoms with van der Waals surface area (Å²) >= 11 is 1.74. The molecule has 0 radical (unpaired) electrons. The van der Waals surface area contributed by atoms with Gasteiger partial charge in [0.2, 0.25) is 0 Å². The van der Waals surface area contributed by atoms with Crippen LogP contribution in [0.3, 0.4) is 0 Å². The van der Waals surface area contributed by atoms with Crippen molar-refractivity contribution in [3.8, 4) is 6.07 Å². The maximum absolute atomic E-state index is 8.55. The van der Waals surface area contributed by atoms with Gasteiger partial charge in [0.05, 0.1) is 18.2 Å². The molecule has 2 rings (SSSR count). The lowest BCUT2D eigenvalue weighted by molar-refractivity contribution is 0.708. The molecular formula is C10H12N2S. The lowest BCUT2D eigenvalue weighted by Crippen LogP contribution is -1.87. The molecule has 0 saturated carbocycles. The Hall–Kier alpha value is -0.880. The molecule has 0 amide bonds. The number of rotatable bonds is 1. The average Bonchev–Trinajstić information content (AvgIpc) is 2.37. The fraction of sp³-hybridized carbons (Fsp3) is 0.600. The standard InChI is InChI=1S/C10H12N2S/c11-7-6-10-12-8-4-2-1-3-5-9(8)13-10/h1-6H2. The number of hydrogen-bond donors (Lipinski definition) is 0. The minimum Gasteiger partial charge on any atom is -0.245 e. The molecule has 13 heavy (non-hydrogen) atoms. The van der Waals surface area contributed by atoms with Crippen LogP contribution < -0.4 is 0 Å². The Balaban J connectivity index is 2.23. The van der Waals surface area contributed by atoms with Crippen molar-refractivity contribution in [3.05, 3.63) is 15.6 Å². The summed E-state index contributed by atoms with van der Waals surface area (Å²) in [5.74, 6) is 0. The van der Waals surface area contributed by atoms with E-state index in [0.29, 0.717) is 6.42 Å². The van der Waals surface area contributed by atoms with Gasteiger partial charge in [-0.1, -0.05) is 6.42 Å². The zero-order chi connectivity index (χ0) is 9.10. The van der Waals surface area contributed by atoms with Gasteiger partial charge in [0.25, 0.3) is 0 Å². The van der Waals surface area contributed by atoms with Crippen LogP contribution in [-0.4, -0.2) is 4.98 Å². The van der Waals surface area contributed by atoms with E-state index in [1.165, 1.54) is 36.3 Å². The number of aryl methyl sites for hydroxylation is 2. The highest BCUT2D eigenvalue weighted by Gasteiger charge is 2.13. The molecule has 68 valence electrons. The molecule has 1 heterocycles. The first-order valence-corrected chi connectivity index (χ1v) is 5.56. The maximum atomic E-state index is 8.55. The zero-order valence-corrected chi connectivity index (χ0v) is 8.36. The molecule has 0 atom stereocenters. The van der Waals surface area contributed by atoms with E-state index in [0.717, 1.165) is 11.4 Å². The van der Waals surface area contributed by atoms with Gasteiger partial charge in [0.1, 0.15) is 5.01 Å². The molecule has 0 N–H and O–H groups in total. The van der Waals surface area contributed by atoms with Crippen LogP contribution in [0.15, 0.2) is 0 Å². The highest BCUT2D eigenvalue weighted by Crippen LogP contribution is 2.25. The van der Waals surface area contributed by atoms with Gasteiger partial charge in [0, 0.05) is 4.88 Å². The quantitative estimate of drug-likeness (QED) is 0.641. The van der Waals surface area contributed by atoms with Gasteiger partial charge in [-0.2, -0.15) is 5.26 Å². The Labute approximate surface area is 82.2 Å². The summed E-state index contributed by atoms with van der Waals surface area (Å²) in [6.45, 7) is 0. The predicted molar refractivity (Wildman–Crippen MR) is 52.7 cm³/mol. The predicted octanol–water partition coefficient (Wildman–Crippen LogP) is 2.48. The minimum absolute atomic E-state index is 0.484. The van der Waals surface area contributed by atoms with Gasteiger partial charge < -0.3 is 0 Å². The summed E-state index contributed by atoms with van der Waals surface area (Å²) < 4.78 is 0. The average molecular weight is 192 g/mol. The maximum Gasteiger partial charge on any atom is 0.107 e. The van der Waals surface area contributed by atoms with Crippen molar-refractivity contribution in [1.82, 2.24) is 4.98 Å². The molecule has 2 nitrogen and oxygen atoms in total. The van der Waals surface area contributed by atoms with E-state index < -0.39 is 0 Å². The van der Waals surface area contributed by atoms with Gasteiger partial charge in [-0.25, -0.2) is 4.98 Å². The number of fused-ring (bicyclic) bond motifs is 1. The third-order valence-electron chi connectivity index (χ3n) is 2.37. The third kappa shape index (κ3) is 1.89. The molecule has 0 saturated heterocycles. The van der Waals surface area contributed by atoms with Crippen LogP contribution in [0.1, 0.15) is 34.8 Å². The highest BCUT2D eigenvalue weighted by molar-refractivity contribution is 7.11. The molecule has 1 aliphatic carbocycles. The second kappa shape index (κ2) is 3.89. The van der Waals surface area contributed by atoms with E-state index in [-0.39, 0.29) is 0 Å². The summed E-state index contributed by atoms with van der Waals surface area (Å²) in [6.07, 6.45) is 6.67. The van der Waals surface area contributed by atoms with Crippen LogP contribution in [0.5, 0.6) is 0 Å². The molecule has 1 aliphatic rings. The van der Waals surface area contributed by atoms with Gasteiger partial charge in [-0.15, -0.1) is 11.3 Å². The number of nitrogens with zero attached hydrogens (tertiary/aromatic N) is 2. The van der Waals surface area contributed by atoms with Gasteiger partial charge >= 0.3 is 0 Å². The van der Waals surface area contributed by atoms with Crippen LogP contribution in [0.25, 0.3) is 0 Å². The largest absolute Gasteiger partial charge is 0.245 e. The van der Waals surface area contributed by atoms with E-state index in [4.69, 9.17) is 5.26 Å². The van der Waals surface area contributed by atoms with E-state index >= 15 is 0 Å². The third-order valence-corrected chi connectivity index (χ3v) is 3.53. The van der Waals surface area contributed by atoms with E-state index in [2.05, 4.69) is 11.1 Å². The number of nitriles is 1. The van der Waals surface area contributed by atoms with Crippen molar-refractivity contribution in [1.29, 1.82) is 5.26 Å². The zero-order valence-electron chi connectivity index (χ0n) is 7.55. The van der Waals surface area contributed by atoms with Crippen LogP contribution in [-0.2, 0) is 19.3 Å². The van der Waals surface area contributed by atoms with Crippen LogP contribution in [0, 0.1) is 11.3 Å². The first-order chi connectivity index (χ1) is 6.40. The minimum atomic E-state index is 0.484. The molecule has 0 unspecified atom stereocenters. The van der Waals surface area contributed by atoms with Crippen molar-refractivity contribution < 1.29 is 0 Å². The number of thiazole rings is 1. The van der Waals surface area contributed by atoms with Crippen molar-refractivity contribution >= 4 is 11.3 Å². The topological polar surface area (TPSA) is 36.7 Å². The van der Waals surface area contributed by atoms with Crippen LogP contribution in [0.2, 0.25) is 0 Å². The summed E-state index contributed by atoms with van der Waals surface area (Å²) in [4.78, 5) is 5.93. The van der Waals surface area contributed by atoms with Crippen molar-refractivity contribution in [2.45, 2.75) is 38.5 Å². The van der Waals surface area contributed by atoms with Crippen LogP contribution >= 0.6 is 11.3 Å². The van der Waals surface area contributed by atoms with Gasteiger partial charge in [-0.05, 0) is 25.7 Å². The molecule has 0 aromatic carbocycles. The molecule has 1 aromatic rings. The SMILES string of the molecule is N#CCc1nc2c(s1)CCCCC2. The smallest absolute Gasteiger partial charge is 0.107 e. The molecule has 0 bridgehead atoms. The number of aromatic nitrogens is 1. The van der Waals surface area contributed by atoms with Gasteiger partial charge in [-0.3, -0.25) is 0 Å². The normalized spacial score (nSPS) is 15.9. The van der Waals surface area contributed by atoms with E-state index in [9.17, 15) is 0 Å². The Morgan fingerprint density at radius 1 is 1.31 bits per heavy atom. The Morgan fingerprint density at radius 2 is 2.15 bits per heavy atom. The molecule has 0 aliphatic heterocycles. The Bertz CT molecular complexity index is 312. The Kier molecular flexibility index (Phi) is 2.60. The fourth-order valence-corrected chi connectivity index (χ4v) is 2.81. The summed E-state index contributed by atoms with van der Waals surface area (Å²) in [6, 6.07) is 2.16. The highest BCUT2D eigenvalue weighted by atomic mass is 32.1. The molecule has 0 spiro atoms. The summed E-state index contributed by atoms with van der Waals surface area (Å²) in [5.41, 5.74) is 1.27. The van der Waals surface area contributed by atoms with Gasteiger partial charge in [0.15, 0.2) is 0 Å². The van der Waals surface area contributed by atoms with Crippen molar-refractivity contribution in [2.24, 2.45) is 0 Å². The second-order valence-corrected chi connectivity index (χ2v) is 4.54. The van der Waals surface area contributed by atoms with Crippen LogP contribution in [0.4, 0.5) is 0 Å². The second-order valence-electron chi connectivity index (χ2n) is 3.37.